The number of hydrogen-bond acceptors (Lipinski definition) is 4. The third kappa shape index (κ3) is 3.73. The molecule has 25 heavy (non-hydrogen) atoms. The highest BCUT2D eigenvalue weighted by atomic mass is 16.5. The second-order valence-electron chi connectivity index (χ2n) is 6.70. The topological polar surface area (TPSA) is 84.1 Å². The Morgan fingerprint density at radius 2 is 2.00 bits per heavy atom. The number of esters is 1. The van der Waals surface area contributed by atoms with Gasteiger partial charge in [-0.15, -0.1) is 0 Å². The molecule has 1 heterocycles. The number of aromatic nitrogens is 2. The monoisotopic (exact) mass is 341 g/mol. The minimum absolute atomic E-state index is 0.130. The molecule has 2 N–H and O–H groups in total. The van der Waals surface area contributed by atoms with Gasteiger partial charge in [-0.2, -0.15) is 5.10 Å². The highest BCUT2D eigenvalue weighted by molar-refractivity contribution is 5.87. The van der Waals surface area contributed by atoms with Gasteiger partial charge in [0.2, 0.25) is 5.91 Å². The summed E-state index contributed by atoms with van der Waals surface area (Å²) in [5.41, 5.74) is 5.00. The van der Waals surface area contributed by atoms with E-state index < -0.39 is 12.0 Å². The number of nitrogens with one attached hydrogen (secondary N) is 2. The van der Waals surface area contributed by atoms with Crippen molar-refractivity contribution in [1.82, 2.24) is 15.5 Å². The van der Waals surface area contributed by atoms with E-state index in [1.54, 1.807) is 0 Å². The van der Waals surface area contributed by atoms with Crippen LogP contribution in [0.1, 0.15) is 40.4 Å². The predicted octanol–water partition coefficient (Wildman–Crippen LogP) is 2.16. The molecular formula is C19H23N3O3. The van der Waals surface area contributed by atoms with E-state index in [0.717, 1.165) is 35.2 Å². The number of benzene rings is 1. The average Bonchev–Trinajstić information content (AvgIpc) is 3.05. The molecule has 1 aromatic carbocycles. The molecule has 2 aromatic rings. The number of H-pyrrole nitrogens is 1. The fourth-order valence-electron chi connectivity index (χ4n) is 3.46. The lowest BCUT2D eigenvalue weighted by atomic mass is 9.87. The molecular weight excluding hydrogens is 318 g/mol. The smallest absolute Gasteiger partial charge is 0.333 e. The summed E-state index contributed by atoms with van der Waals surface area (Å²) in [6, 6.07) is 5.05. The Morgan fingerprint density at radius 1 is 1.28 bits per heavy atom. The van der Waals surface area contributed by atoms with Crippen molar-refractivity contribution < 1.29 is 14.3 Å². The van der Waals surface area contributed by atoms with E-state index >= 15 is 0 Å². The normalized spacial score (nSPS) is 17.5. The zero-order chi connectivity index (χ0) is 18.0. The average molecular weight is 341 g/mol. The molecule has 0 aliphatic heterocycles. The van der Waals surface area contributed by atoms with Gasteiger partial charge >= 0.3 is 5.97 Å². The number of carbonyl (C=O) groups is 2. The van der Waals surface area contributed by atoms with Crippen LogP contribution in [-0.2, 0) is 27.2 Å². The lowest BCUT2D eigenvalue weighted by Crippen LogP contribution is -2.40. The molecule has 0 saturated heterocycles. The zero-order valence-electron chi connectivity index (χ0n) is 14.8. The first kappa shape index (κ1) is 17.2. The Hall–Kier alpha value is -2.63. The van der Waals surface area contributed by atoms with Crippen molar-refractivity contribution >= 4 is 11.9 Å². The van der Waals surface area contributed by atoms with Crippen LogP contribution >= 0.6 is 0 Å². The molecule has 6 heteroatoms. The second kappa shape index (κ2) is 7.09. The van der Waals surface area contributed by atoms with Crippen LogP contribution in [0.15, 0.2) is 24.4 Å². The summed E-state index contributed by atoms with van der Waals surface area (Å²) in [5.74, 6) is -0.766. The maximum absolute atomic E-state index is 12.8. The Morgan fingerprint density at radius 3 is 2.68 bits per heavy atom. The number of fused-ring (bicyclic) bond motifs is 1. The standard InChI is InChI=1S/C19H23N3O3/c1-11-6-12(2)8-15(7-11)17(19(24)25-3)21-18(23)13-4-5-14-10-20-22-16(14)9-13/h6-8,10,13,17H,4-5,9H2,1-3H3,(H,20,22)(H,21,23)/t13-,17+/m1/s1. The van der Waals surface area contributed by atoms with E-state index in [1.807, 2.05) is 38.2 Å². The van der Waals surface area contributed by atoms with Crippen LogP contribution in [-0.4, -0.2) is 29.2 Å². The largest absolute Gasteiger partial charge is 0.467 e. The van der Waals surface area contributed by atoms with Crippen molar-refractivity contribution in [2.24, 2.45) is 5.92 Å². The number of amides is 1. The third-order valence-corrected chi connectivity index (χ3v) is 4.69. The molecule has 1 amide bonds. The first-order valence-electron chi connectivity index (χ1n) is 8.45. The van der Waals surface area contributed by atoms with E-state index in [2.05, 4.69) is 15.5 Å². The highest BCUT2D eigenvalue weighted by Crippen LogP contribution is 2.25. The molecule has 6 nitrogen and oxygen atoms in total. The molecule has 2 atom stereocenters. The van der Waals surface area contributed by atoms with Gasteiger partial charge in [-0.1, -0.05) is 29.3 Å². The Kier molecular flexibility index (Phi) is 4.88. The van der Waals surface area contributed by atoms with Gasteiger partial charge in [0.25, 0.3) is 0 Å². The first-order chi connectivity index (χ1) is 12.0. The molecule has 0 unspecified atom stereocenters. The fourth-order valence-corrected chi connectivity index (χ4v) is 3.46. The van der Waals surface area contributed by atoms with Crippen LogP contribution in [0.4, 0.5) is 0 Å². The van der Waals surface area contributed by atoms with Gasteiger partial charge in [0, 0.05) is 18.0 Å². The number of hydrogen-bond donors (Lipinski definition) is 2. The van der Waals surface area contributed by atoms with Gasteiger partial charge in [0.05, 0.1) is 13.3 Å². The highest BCUT2D eigenvalue weighted by Gasteiger charge is 2.30. The second-order valence-corrected chi connectivity index (χ2v) is 6.70. The van der Waals surface area contributed by atoms with Gasteiger partial charge in [-0.3, -0.25) is 9.89 Å². The van der Waals surface area contributed by atoms with Gasteiger partial charge in [-0.05, 0) is 37.8 Å². The summed E-state index contributed by atoms with van der Waals surface area (Å²) in [6.45, 7) is 3.93. The number of rotatable bonds is 4. The zero-order valence-corrected chi connectivity index (χ0v) is 14.8. The molecule has 132 valence electrons. The van der Waals surface area contributed by atoms with Gasteiger partial charge in [0.1, 0.15) is 0 Å². The van der Waals surface area contributed by atoms with Crippen molar-refractivity contribution in [3.63, 3.8) is 0 Å². The molecule has 3 rings (SSSR count). The number of carbonyl (C=O) groups excluding carboxylic acids is 2. The van der Waals surface area contributed by atoms with E-state index in [9.17, 15) is 9.59 Å². The molecule has 0 bridgehead atoms. The minimum Gasteiger partial charge on any atom is -0.467 e. The first-order valence-corrected chi connectivity index (χ1v) is 8.45. The summed E-state index contributed by atoms with van der Waals surface area (Å²) in [4.78, 5) is 25.0. The summed E-state index contributed by atoms with van der Waals surface area (Å²) < 4.78 is 4.91. The van der Waals surface area contributed by atoms with Crippen LogP contribution in [0.2, 0.25) is 0 Å². The Labute approximate surface area is 147 Å². The van der Waals surface area contributed by atoms with E-state index in [-0.39, 0.29) is 11.8 Å². The van der Waals surface area contributed by atoms with Gasteiger partial charge < -0.3 is 10.1 Å². The molecule has 0 saturated carbocycles. The van der Waals surface area contributed by atoms with E-state index in [0.29, 0.717) is 6.42 Å². The Bertz CT molecular complexity index is 777. The lowest BCUT2D eigenvalue weighted by molar-refractivity contribution is -0.145. The maximum atomic E-state index is 12.8. The van der Waals surface area contributed by atoms with Crippen LogP contribution in [0, 0.1) is 19.8 Å². The van der Waals surface area contributed by atoms with Crippen molar-refractivity contribution in [3.05, 3.63) is 52.3 Å². The molecule has 0 fully saturated rings. The maximum Gasteiger partial charge on any atom is 0.333 e. The van der Waals surface area contributed by atoms with E-state index in [1.165, 1.54) is 12.7 Å². The van der Waals surface area contributed by atoms with Gasteiger partial charge in [-0.25, -0.2) is 4.79 Å². The molecule has 0 radical (unpaired) electrons. The van der Waals surface area contributed by atoms with Crippen LogP contribution in [0.25, 0.3) is 0 Å². The lowest BCUT2D eigenvalue weighted by Gasteiger charge is -2.24. The third-order valence-electron chi connectivity index (χ3n) is 4.69. The molecule has 1 aliphatic carbocycles. The molecule has 0 spiro atoms. The fraction of sp³-hybridized carbons (Fsp3) is 0.421. The van der Waals surface area contributed by atoms with Crippen LogP contribution < -0.4 is 5.32 Å². The summed E-state index contributed by atoms with van der Waals surface area (Å²) in [6.07, 6.45) is 3.99. The number of nitrogens with zero attached hydrogens (tertiary/aromatic N) is 1. The SMILES string of the molecule is COC(=O)[C@@H](NC(=O)[C@@H]1CCc2cn[nH]c2C1)c1cc(C)cc(C)c1. The van der Waals surface area contributed by atoms with Crippen LogP contribution in [0.5, 0.6) is 0 Å². The van der Waals surface area contributed by atoms with Crippen molar-refractivity contribution in [2.45, 2.75) is 39.2 Å². The molecule has 1 aliphatic rings. The summed E-state index contributed by atoms with van der Waals surface area (Å²) in [7, 11) is 1.33. The number of ether oxygens (including phenoxy) is 1. The number of aryl methyl sites for hydroxylation is 3. The number of aromatic amines is 1. The predicted molar refractivity (Wildman–Crippen MR) is 92.9 cm³/mol. The van der Waals surface area contributed by atoms with Gasteiger partial charge in [0.15, 0.2) is 6.04 Å². The quantitative estimate of drug-likeness (QED) is 0.835. The minimum atomic E-state index is -0.792. The van der Waals surface area contributed by atoms with Crippen LogP contribution in [0.3, 0.4) is 0 Å². The molecule has 1 aromatic heterocycles. The number of methoxy groups -OCH3 is 1. The van der Waals surface area contributed by atoms with Crippen molar-refractivity contribution in [2.75, 3.05) is 7.11 Å². The Balaban J connectivity index is 1.79. The van der Waals surface area contributed by atoms with Crippen molar-refractivity contribution in [3.8, 4) is 0 Å². The summed E-state index contributed by atoms with van der Waals surface area (Å²) >= 11 is 0. The van der Waals surface area contributed by atoms with E-state index in [4.69, 9.17) is 4.74 Å². The summed E-state index contributed by atoms with van der Waals surface area (Å²) in [5, 5.41) is 9.87. The van der Waals surface area contributed by atoms with Crippen molar-refractivity contribution in [1.29, 1.82) is 0 Å².